The van der Waals surface area contributed by atoms with Crippen LogP contribution in [-0.2, 0) is 6.54 Å². The highest BCUT2D eigenvalue weighted by Gasteiger charge is 2.07. The van der Waals surface area contributed by atoms with Gasteiger partial charge >= 0.3 is 0 Å². The molecule has 0 spiro atoms. The number of aromatic hydroxyl groups is 1. The lowest BCUT2D eigenvalue weighted by atomic mass is 10.1. The number of benzene rings is 2. The predicted molar refractivity (Wildman–Crippen MR) is 79.3 cm³/mol. The number of halogens is 3. The molecule has 0 amide bonds. The van der Waals surface area contributed by atoms with E-state index in [2.05, 4.69) is 21.2 Å². The van der Waals surface area contributed by atoms with Gasteiger partial charge < -0.3 is 10.4 Å². The van der Waals surface area contributed by atoms with Gasteiger partial charge in [0, 0.05) is 22.8 Å². The molecule has 19 heavy (non-hydrogen) atoms. The molecule has 0 aliphatic rings. The van der Waals surface area contributed by atoms with E-state index in [9.17, 15) is 9.50 Å². The number of rotatable bonds is 3. The molecule has 2 aromatic carbocycles. The number of hydrogen-bond acceptors (Lipinski definition) is 2. The fourth-order valence-corrected chi connectivity index (χ4v) is 2.26. The third-order valence-corrected chi connectivity index (χ3v) is 3.62. The monoisotopic (exact) mass is 343 g/mol. The molecule has 0 radical (unpaired) electrons. The average Bonchev–Trinajstić information content (AvgIpc) is 2.36. The molecule has 2 rings (SSSR count). The van der Waals surface area contributed by atoms with Gasteiger partial charge in [-0.2, -0.15) is 0 Å². The van der Waals surface area contributed by atoms with Crippen LogP contribution in [-0.4, -0.2) is 5.11 Å². The van der Waals surface area contributed by atoms with Crippen molar-refractivity contribution < 1.29 is 9.50 Å². The number of hydrogen-bond donors (Lipinski definition) is 2. The van der Waals surface area contributed by atoms with Gasteiger partial charge in [-0.1, -0.05) is 11.6 Å². The SMILES string of the molecule is Cc1cc(F)c(Br)cc1NCc1cc(Cl)ccc1O. The van der Waals surface area contributed by atoms with Gasteiger partial charge in [-0.05, 0) is 58.7 Å². The molecule has 0 aliphatic carbocycles. The third kappa shape index (κ3) is 3.39. The highest BCUT2D eigenvalue weighted by Crippen LogP contribution is 2.26. The molecule has 0 saturated carbocycles. The molecule has 0 aromatic heterocycles. The van der Waals surface area contributed by atoms with Gasteiger partial charge in [0.2, 0.25) is 0 Å². The molecule has 0 heterocycles. The standard InChI is InChI=1S/C14H12BrClFNO/c1-8-4-12(17)11(15)6-13(8)18-7-9-5-10(16)2-3-14(9)19/h2-6,18-19H,7H2,1H3. The minimum atomic E-state index is -0.298. The Hall–Kier alpha value is -1.26. The zero-order chi connectivity index (χ0) is 14.0. The summed E-state index contributed by atoms with van der Waals surface area (Å²) in [6.45, 7) is 2.22. The molecule has 100 valence electrons. The predicted octanol–water partition coefficient (Wildman–Crippen LogP) is 4.87. The van der Waals surface area contributed by atoms with Gasteiger partial charge in [-0.3, -0.25) is 0 Å². The Balaban J connectivity index is 2.19. The van der Waals surface area contributed by atoms with Crippen molar-refractivity contribution in [1.29, 1.82) is 0 Å². The molecule has 2 aromatic rings. The molecule has 0 atom stereocenters. The molecule has 0 aliphatic heterocycles. The van der Waals surface area contributed by atoms with E-state index in [1.165, 1.54) is 6.07 Å². The van der Waals surface area contributed by atoms with Gasteiger partial charge in [0.15, 0.2) is 0 Å². The Bertz CT molecular complexity index is 619. The van der Waals surface area contributed by atoms with Crippen LogP contribution in [0.3, 0.4) is 0 Å². The summed E-state index contributed by atoms with van der Waals surface area (Å²) in [5.74, 6) is -0.121. The fraction of sp³-hybridized carbons (Fsp3) is 0.143. The highest BCUT2D eigenvalue weighted by molar-refractivity contribution is 9.10. The lowest BCUT2D eigenvalue weighted by molar-refractivity contribution is 0.469. The van der Waals surface area contributed by atoms with Gasteiger partial charge in [-0.15, -0.1) is 0 Å². The molecular formula is C14H12BrClFNO. The van der Waals surface area contributed by atoms with Crippen molar-refractivity contribution >= 4 is 33.2 Å². The van der Waals surface area contributed by atoms with Crippen LogP contribution in [0.2, 0.25) is 5.02 Å². The lowest BCUT2D eigenvalue weighted by Gasteiger charge is -2.12. The summed E-state index contributed by atoms with van der Waals surface area (Å²) >= 11 is 9.03. The Morgan fingerprint density at radius 2 is 2.05 bits per heavy atom. The maximum atomic E-state index is 13.3. The Morgan fingerprint density at radius 1 is 1.32 bits per heavy atom. The summed E-state index contributed by atoms with van der Waals surface area (Å²) in [5.41, 5.74) is 2.28. The second kappa shape index (κ2) is 5.80. The second-order valence-electron chi connectivity index (χ2n) is 4.21. The molecule has 0 unspecified atom stereocenters. The van der Waals surface area contributed by atoms with E-state index in [-0.39, 0.29) is 11.6 Å². The summed E-state index contributed by atoms with van der Waals surface area (Å²) in [6, 6.07) is 7.99. The Morgan fingerprint density at radius 3 is 2.79 bits per heavy atom. The molecule has 0 saturated heterocycles. The van der Waals surface area contributed by atoms with Crippen LogP contribution in [0, 0.1) is 12.7 Å². The van der Waals surface area contributed by atoms with Crippen molar-refractivity contribution in [3.63, 3.8) is 0 Å². The van der Waals surface area contributed by atoms with E-state index in [4.69, 9.17) is 11.6 Å². The molecule has 0 bridgehead atoms. The maximum Gasteiger partial charge on any atom is 0.137 e. The topological polar surface area (TPSA) is 32.3 Å². The molecular weight excluding hydrogens is 333 g/mol. The fourth-order valence-electron chi connectivity index (χ4n) is 1.72. The summed E-state index contributed by atoms with van der Waals surface area (Å²) < 4.78 is 13.7. The first kappa shape index (κ1) is 14.2. The zero-order valence-corrected chi connectivity index (χ0v) is 12.5. The van der Waals surface area contributed by atoms with E-state index in [1.807, 2.05) is 6.92 Å². The number of aryl methyl sites for hydroxylation is 1. The first-order chi connectivity index (χ1) is 8.97. The van der Waals surface area contributed by atoms with Crippen LogP contribution in [0.25, 0.3) is 0 Å². The zero-order valence-electron chi connectivity index (χ0n) is 10.2. The van der Waals surface area contributed by atoms with Crippen molar-refractivity contribution in [3.8, 4) is 5.75 Å². The van der Waals surface area contributed by atoms with Crippen LogP contribution in [0.15, 0.2) is 34.8 Å². The molecule has 2 N–H and O–H groups in total. The van der Waals surface area contributed by atoms with Crippen LogP contribution >= 0.6 is 27.5 Å². The van der Waals surface area contributed by atoms with Crippen LogP contribution in [0.5, 0.6) is 5.75 Å². The largest absolute Gasteiger partial charge is 0.508 e. The smallest absolute Gasteiger partial charge is 0.137 e. The Labute approximate surface area is 124 Å². The number of phenolic OH excluding ortho intramolecular Hbond substituents is 1. The van der Waals surface area contributed by atoms with Crippen LogP contribution < -0.4 is 5.32 Å². The Kier molecular flexibility index (Phi) is 4.32. The van der Waals surface area contributed by atoms with Crippen molar-refractivity contribution in [2.75, 3.05) is 5.32 Å². The van der Waals surface area contributed by atoms with E-state index >= 15 is 0 Å². The molecule has 0 fully saturated rings. The first-order valence-corrected chi connectivity index (χ1v) is 6.81. The van der Waals surface area contributed by atoms with E-state index < -0.39 is 0 Å². The van der Waals surface area contributed by atoms with E-state index in [0.29, 0.717) is 21.6 Å². The number of nitrogens with one attached hydrogen (secondary N) is 1. The number of anilines is 1. The minimum absolute atomic E-state index is 0.177. The summed E-state index contributed by atoms with van der Waals surface area (Å²) in [7, 11) is 0. The average molecular weight is 345 g/mol. The van der Waals surface area contributed by atoms with E-state index in [1.54, 1.807) is 24.3 Å². The quantitative estimate of drug-likeness (QED) is 0.833. The van der Waals surface area contributed by atoms with Gasteiger partial charge in [0.05, 0.1) is 4.47 Å². The second-order valence-corrected chi connectivity index (χ2v) is 5.50. The van der Waals surface area contributed by atoms with Gasteiger partial charge in [0.1, 0.15) is 11.6 Å². The van der Waals surface area contributed by atoms with Gasteiger partial charge in [0.25, 0.3) is 0 Å². The van der Waals surface area contributed by atoms with Crippen molar-refractivity contribution in [2.45, 2.75) is 13.5 Å². The lowest BCUT2D eigenvalue weighted by Crippen LogP contribution is -2.02. The summed E-state index contributed by atoms with van der Waals surface area (Å²) in [6.07, 6.45) is 0. The molecule has 2 nitrogen and oxygen atoms in total. The van der Waals surface area contributed by atoms with Gasteiger partial charge in [-0.25, -0.2) is 4.39 Å². The first-order valence-electron chi connectivity index (χ1n) is 5.64. The van der Waals surface area contributed by atoms with Crippen LogP contribution in [0.4, 0.5) is 10.1 Å². The summed E-state index contributed by atoms with van der Waals surface area (Å²) in [5, 5.41) is 13.4. The van der Waals surface area contributed by atoms with E-state index in [0.717, 1.165) is 11.3 Å². The van der Waals surface area contributed by atoms with Crippen molar-refractivity contribution in [3.05, 3.63) is 56.8 Å². The van der Waals surface area contributed by atoms with Crippen molar-refractivity contribution in [1.82, 2.24) is 0 Å². The summed E-state index contributed by atoms with van der Waals surface area (Å²) in [4.78, 5) is 0. The normalized spacial score (nSPS) is 10.5. The minimum Gasteiger partial charge on any atom is -0.508 e. The maximum absolute atomic E-state index is 13.3. The molecule has 5 heteroatoms. The number of phenols is 1. The van der Waals surface area contributed by atoms with Crippen molar-refractivity contribution in [2.24, 2.45) is 0 Å². The third-order valence-electron chi connectivity index (χ3n) is 2.78. The highest BCUT2D eigenvalue weighted by atomic mass is 79.9. The van der Waals surface area contributed by atoms with Crippen LogP contribution in [0.1, 0.15) is 11.1 Å².